The zero-order chi connectivity index (χ0) is 20.1. The summed E-state index contributed by atoms with van der Waals surface area (Å²) in [6.07, 6.45) is 2.10. The number of ether oxygens (including phenoxy) is 1. The summed E-state index contributed by atoms with van der Waals surface area (Å²) >= 11 is 0. The van der Waals surface area contributed by atoms with Gasteiger partial charge in [0.1, 0.15) is 5.75 Å². The SMILES string of the molecule is O=C(Nc1ccccc1Oc1ccccc1)c1ccc(C(=O)N2CCCC2)cc1. The van der Waals surface area contributed by atoms with Crippen LogP contribution in [0, 0.1) is 0 Å². The third kappa shape index (κ3) is 4.46. The number of hydrogen-bond acceptors (Lipinski definition) is 3. The number of hydrogen-bond donors (Lipinski definition) is 1. The van der Waals surface area contributed by atoms with Gasteiger partial charge < -0.3 is 15.0 Å². The van der Waals surface area contributed by atoms with E-state index >= 15 is 0 Å². The van der Waals surface area contributed by atoms with Gasteiger partial charge in [-0.3, -0.25) is 9.59 Å². The Kier molecular flexibility index (Phi) is 5.56. The van der Waals surface area contributed by atoms with Crippen molar-refractivity contribution in [2.75, 3.05) is 18.4 Å². The van der Waals surface area contributed by atoms with Crippen LogP contribution in [0.25, 0.3) is 0 Å². The van der Waals surface area contributed by atoms with Crippen molar-refractivity contribution in [3.63, 3.8) is 0 Å². The van der Waals surface area contributed by atoms with Gasteiger partial charge in [0.15, 0.2) is 5.75 Å². The lowest BCUT2D eigenvalue weighted by Crippen LogP contribution is -2.27. The van der Waals surface area contributed by atoms with E-state index in [1.54, 1.807) is 36.4 Å². The molecule has 0 radical (unpaired) electrons. The number of benzene rings is 3. The molecule has 1 heterocycles. The fourth-order valence-electron chi connectivity index (χ4n) is 3.34. The molecule has 1 saturated heterocycles. The van der Waals surface area contributed by atoms with Crippen molar-refractivity contribution >= 4 is 17.5 Å². The molecule has 1 aliphatic rings. The smallest absolute Gasteiger partial charge is 0.255 e. The van der Waals surface area contributed by atoms with E-state index in [0.717, 1.165) is 25.9 Å². The van der Waals surface area contributed by atoms with E-state index in [9.17, 15) is 9.59 Å². The lowest BCUT2D eigenvalue weighted by Gasteiger charge is -2.15. The molecule has 0 aromatic heterocycles. The molecule has 0 bridgehead atoms. The van der Waals surface area contributed by atoms with Crippen LogP contribution in [-0.2, 0) is 0 Å². The van der Waals surface area contributed by atoms with Crippen LogP contribution in [0.2, 0.25) is 0 Å². The predicted molar refractivity (Wildman–Crippen MR) is 112 cm³/mol. The molecule has 3 aromatic rings. The minimum absolute atomic E-state index is 0.0241. The highest BCUT2D eigenvalue weighted by Crippen LogP contribution is 2.29. The largest absolute Gasteiger partial charge is 0.455 e. The van der Waals surface area contributed by atoms with Gasteiger partial charge in [-0.05, 0) is 61.4 Å². The number of anilines is 1. The van der Waals surface area contributed by atoms with Gasteiger partial charge in [-0.15, -0.1) is 0 Å². The van der Waals surface area contributed by atoms with E-state index in [1.807, 2.05) is 47.4 Å². The van der Waals surface area contributed by atoms with Gasteiger partial charge in [0.05, 0.1) is 5.69 Å². The number of likely N-dealkylation sites (tertiary alicyclic amines) is 1. The van der Waals surface area contributed by atoms with Crippen LogP contribution in [0.3, 0.4) is 0 Å². The second-order valence-electron chi connectivity index (χ2n) is 6.94. The van der Waals surface area contributed by atoms with E-state index in [4.69, 9.17) is 4.74 Å². The van der Waals surface area contributed by atoms with Crippen LogP contribution in [0.15, 0.2) is 78.9 Å². The van der Waals surface area contributed by atoms with Gasteiger partial charge in [-0.2, -0.15) is 0 Å². The van der Waals surface area contributed by atoms with Crippen LogP contribution in [0.4, 0.5) is 5.69 Å². The van der Waals surface area contributed by atoms with Crippen molar-refractivity contribution in [2.24, 2.45) is 0 Å². The van der Waals surface area contributed by atoms with Crippen molar-refractivity contribution in [1.82, 2.24) is 4.90 Å². The number of amides is 2. The molecule has 4 rings (SSSR count). The molecule has 0 aliphatic carbocycles. The highest BCUT2D eigenvalue weighted by Gasteiger charge is 2.19. The van der Waals surface area contributed by atoms with Gasteiger partial charge in [0.2, 0.25) is 0 Å². The molecule has 0 spiro atoms. The maximum absolute atomic E-state index is 12.7. The van der Waals surface area contributed by atoms with E-state index in [1.165, 1.54) is 0 Å². The minimum Gasteiger partial charge on any atom is -0.455 e. The van der Waals surface area contributed by atoms with Crippen LogP contribution >= 0.6 is 0 Å². The molecule has 0 unspecified atom stereocenters. The van der Waals surface area contributed by atoms with Gasteiger partial charge in [0.25, 0.3) is 11.8 Å². The fraction of sp³-hybridized carbons (Fsp3) is 0.167. The lowest BCUT2D eigenvalue weighted by atomic mass is 10.1. The molecular weight excluding hydrogens is 364 g/mol. The van der Waals surface area contributed by atoms with E-state index in [0.29, 0.717) is 28.3 Å². The number of nitrogens with zero attached hydrogens (tertiary/aromatic N) is 1. The summed E-state index contributed by atoms with van der Waals surface area (Å²) in [6.45, 7) is 1.61. The molecule has 146 valence electrons. The number of carbonyl (C=O) groups excluding carboxylic acids is 2. The average Bonchev–Trinajstić information content (AvgIpc) is 3.30. The number of para-hydroxylation sites is 3. The molecule has 5 nitrogen and oxygen atoms in total. The number of rotatable bonds is 5. The molecule has 0 saturated carbocycles. The average molecular weight is 386 g/mol. The van der Waals surface area contributed by atoms with Gasteiger partial charge in [-0.1, -0.05) is 30.3 Å². The summed E-state index contributed by atoms with van der Waals surface area (Å²) in [7, 11) is 0. The third-order valence-corrected chi connectivity index (χ3v) is 4.89. The van der Waals surface area contributed by atoms with E-state index in [2.05, 4.69) is 5.32 Å². The van der Waals surface area contributed by atoms with Gasteiger partial charge in [-0.25, -0.2) is 0 Å². The zero-order valence-electron chi connectivity index (χ0n) is 16.0. The van der Waals surface area contributed by atoms with E-state index < -0.39 is 0 Å². The first-order chi connectivity index (χ1) is 14.2. The molecule has 0 atom stereocenters. The van der Waals surface area contributed by atoms with Gasteiger partial charge >= 0.3 is 0 Å². The molecule has 1 fully saturated rings. The Bertz CT molecular complexity index is 994. The summed E-state index contributed by atoms with van der Waals surface area (Å²) < 4.78 is 5.89. The summed E-state index contributed by atoms with van der Waals surface area (Å²) in [5.41, 5.74) is 1.67. The summed E-state index contributed by atoms with van der Waals surface area (Å²) in [6, 6.07) is 23.5. The van der Waals surface area contributed by atoms with Crippen molar-refractivity contribution < 1.29 is 14.3 Å². The van der Waals surface area contributed by atoms with Crippen LogP contribution < -0.4 is 10.1 Å². The highest BCUT2D eigenvalue weighted by atomic mass is 16.5. The first-order valence-corrected chi connectivity index (χ1v) is 9.73. The maximum atomic E-state index is 12.7. The van der Waals surface area contributed by atoms with Crippen molar-refractivity contribution in [3.05, 3.63) is 90.0 Å². The lowest BCUT2D eigenvalue weighted by molar-refractivity contribution is 0.0792. The fourth-order valence-corrected chi connectivity index (χ4v) is 3.34. The predicted octanol–water partition coefficient (Wildman–Crippen LogP) is 4.97. The van der Waals surface area contributed by atoms with E-state index in [-0.39, 0.29) is 11.8 Å². The first-order valence-electron chi connectivity index (χ1n) is 9.73. The Balaban J connectivity index is 1.46. The van der Waals surface area contributed by atoms with Crippen LogP contribution in [0.1, 0.15) is 33.6 Å². The first kappa shape index (κ1) is 18.7. The standard InChI is InChI=1S/C24H22N2O3/c27-23(18-12-14-19(15-13-18)24(28)26-16-6-7-17-26)25-21-10-4-5-11-22(21)29-20-8-2-1-3-9-20/h1-5,8-15H,6-7,16-17H2,(H,25,27). The Morgan fingerprint density at radius 1 is 0.759 bits per heavy atom. The Hall–Kier alpha value is -3.60. The number of carbonyl (C=O) groups is 2. The highest BCUT2D eigenvalue weighted by molar-refractivity contribution is 6.05. The minimum atomic E-state index is -0.255. The summed E-state index contributed by atoms with van der Waals surface area (Å²) in [5, 5.41) is 2.89. The third-order valence-electron chi connectivity index (χ3n) is 4.89. The second-order valence-corrected chi connectivity index (χ2v) is 6.94. The molecule has 1 aliphatic heterocycles. The quantitative estimate of drug-likeness (QED) is 0.674. The summed E-state index contributed by atoms with van der Waals surface area (Å²) in [5.74, 6) is 1.03. The van der Waals surface area contributed by atoms with Crippen molar-refractivity contribution in [2.45, 2.75) is 12.8 Å². The molecule has 2 amide bonds. The second kappa shape index (κ2) is 8.61. The van der Waals surface area contributed by atoms with Crippen LogP contribution in [-0.4, -0.2) is 29.8 Å². The maximum Gasteiger partial charge on any atom is 0.255 e. The normalized spacial score (nSPS) is 13.2. The molecule has 29 heavy (non-hydrogen) atoms. The topological polar surface area (TPSA) is 58.6 Å². The summed E-state index contributed by atoms with van der Waals surface area (Å²) in [4.78, 5) is 27.0. The molecule has 1 N–H and O–H groups in total. The molecular formula is C24H22N2O3. The monoisotopic (exact) mass is 386 g/mol. The number of nitrogens with one attached hydrogen (secondary N) is 1. The van der Waals surface area contributed by atoms with Crippen LogP contribution in [0.5, 0.6) is 11.5 Å². The Labute approximate surface area is 169 Å². The van der Waals surface area contributed by atoms with Gasteiger partial charge in [0, 0.05) is 24.2 Å². The van der Waals surface area contributed by atoms with Crippen molar-refractivity contribution in [3.8, 4) is 11.5 Å². The van der Waals surface area contributed by atoms with Crippen molar-refractivity contribution in [1.29, 1.82) is 0 Å². The molecule has 3 aromatic carbocycles. The zero-order valence-corrected chi connectivity index (χ0v) is 16.0. The molecule has 5 heteroatoms. The Morgan fingerprint density at radius 2 is 1.38 bits per heavy atom. The Morgan fingerprint density at radius 3 is 2.10 bits per heavy atom.